The van der Waals surface area contributed by atoms with E-state index in [9.17, 15) is 0 Å². The third kappa shape index (κ3) is 2.73. The molecule has 1 atom stereocenters. The van der Waals surface area contributed by atoms with Crippen LogP contribution >= 0.6 is 0 Å². The van der Waals surface area contributed by atoms with Gasteiger partial charge in [-0.3, -0.25) is 4.98 Å². The maximum atomic E-state index is 5.71. The standard InChI is InChI=1S/C13H18N4O2/c1-4-13(3,18-5-2)12-16-11(19-17-12)9-6-10(14)8-15-7-9/h6-8H,4-5,14H2,1-3H3. The van der Waals surface area contributed by atoms with Crippen molar-refractivity contribution in [2.24, 2.45) is 0 Å². The average Bonchev–Trinajstić information content (AvgIpc) is 2.89. The third-order valence-electron chi connectivity index (χ3n) is 3.04. The van der Waals surface area contributed by atoms with Crippen molar-refractivity contribution in [1.82, 2.24) is 15.1 Å². The van der Waals surface area contributed by atoms with Crippen molar-refractivity contribution < 1.29 is 9.26 Å². The first-order valence-corrected chi connectivity index (χ1v) is 6.28. The lowest BCUT2D eigenvalue weighted by Crippen LogP contribution is -2.26. The van der Waals surface area contributed by atoms with Crippen LogP contribution in [-0.4, -0.2) is 21.7 Å². The number of hydrogen-bond donors (Lipinski definition) is 1. The van der Waals surface area contributed by atoms with Gasteiger partial charge in [0, 0.05) is 19.0 Å². The van der Waals surface area contributed by atoms with E-state index in [0.717, 1.165) is 6.42 Å². The van der Waals surface area contributed by atoms with Gasteiger partial charge >= 0.3 is 0 Å². The summed E-state index contributed by atoms with van der Waals surface area (Å²) in [7, 11) is 0. The summed E-state index contributed by atoms with van der Waals surface area (Å²) in [6.45, 7) is 6.50. The molecular weight excluding hydrogens is 244 g/mol. The Morgan fingerprint density at radius 2 is 2.16 bits per heavy atom. The fourth-order valence-electron chi connectivity index (χ4n) is 1.77. The molecule has 6 heteroatoms. The molecule has 0 saturated carbocycles. The summed E-state index contributed by atoms with van der Waals surface area (Å²) in [5, 5.41) is 4.00. The highest BCUT2D eigenvalue weighted by Crippen LogP contribution is 2.28. The SMILES string of the molecule is CCOC(C)(CC)c1noc(-c2cncc(N)c2)n1. The van der Waals surface area contributed by atoms with Gasteiger partial charge in [0.2, 0.25) is 5.82 Å². The average molecular weight is 262 g/mol. The summed E-state index contributed by atoms with van der Waals surface area (Å²) in [6, 6.07) is 1.74. The predicted octanol–water partition coefficient (Wildman–Crippen LogP) is 2.38. The lowest BCUT2D eigenvalue weighted by atomic mass is 10.0. The van der Waals surface area contributed by atoms with Crippen molar-refractivity contribution >= 4 is 5.69 Å². The first kappa shape index (κ1) is 13.5. The lowest BCUT2D eigenvalue weighted by Gasteiger charge is -2.23. The minimum Gasteiger partial charge on any atom is -0.397 e. The maximum Gasteiger partial charge on any atom is 0.259 e. The normalized spacial score (nSPS) is 14.3. The third-order valence-corrected chi connectivity index (χ3v) is 3.04. The van der Waals surface area contributed by atoms with Crippen LogP contribution < -0.4 is 5.73 Å². The van der Waals surface area contributed by atoms with Crippen LogP contribution in [0, 0.1) is 0 Å². The molecule has 0 aliphatic rings. The summed E-state index contributed by atoms with van der Waals surface area (Å²) < 4.78 is 11.0. The Bertz CT molecular complexity index is 555. The molecule has 0 spiro atoms. The second-order valence-corrected chi connectivity index (χ2v) is 4.45. The number of nitrogens with two attached hydrogens (primary N) is 1. The highest BCUT2D eigenvalue weighted by Gasteiger charge is 2.31. The van der Waals surface area contributed by atoms with E-state index in [4.69, 9.17) is 15.0 Å². The molecule has 2 aromatic rings. The van der Waals surface area contributed by atoms with Crippen LogP contribution in [0.2, 0.25) is 0 Å². The van der Waals surface area contributed by atoms with Crippen molar-refractivity contribution in [1.29, 1.82) is 0 Å². The molecule has 2 N–H and O–H groups in total. The van der Waals surface area contributed by atoms with Gasteiger partial charge in [-0.1, -0.05) is 12.1 Å². The molecule has 0 bridgehead atoms. The molecule has 19 heavy (non-hydrogen) atoms. The Morgan fingerprint density at radius 3 is 2.79 bits per heavy atom. The number of hydrogen-bond acceptors (Lipinski definition) is 6. The van der Waals surface area contributed by atoms with Gasteiger partial charge in [-0.2, -0.15) is 4.98 Å². The van der Waals surface area contributed by atoms with Crippen LogP contribution in [0.1, 0.15) is 33.0 Å². The van der Waals surface area contributed by atoms with Crippen LogP contribution in [0.3, 0.4) is 0 Å². The number of nitrogen functional groups attached to an aromatic ring is 1. The predicted molar refractivity (Wildman–Crippen MR) is 71.2 cm³/mol. The molecule has 0 amide bonds. The zero-order chi connectivity index (χ0) is 13.9. The molecule has 102 valence electrons. The van der Waals surface area contributed by atoms with Crippen molar-refractivity contribution in [2.45, 2.75) is 32.8 Å². The first-order valence-electron chi connectivity index (χ1n) is 6.28. The van der Waals surface area contributed by atoms with E-state index in [1.54, 1.807) is 18.5 Å². The van der Waals surface area contributed by atoms with Gasteiger partial charge in [0.15, 0.2) is 0 Å². The number of aromatic nitrogens is 3. The second-order valence-electron chi connectivity index (χ2n) is 4.45. The molecule has 2 heterocycles. The van der Waals surface area contributed by atoms with E-state index in [2.05, 4.69) is 15.1 Å². The Hall–Kier alpha value is -1.95. The molecule has 0 fully saturated rings. The molecule has 0 aromatic carbocycles. The Morgan fingerprint density at radius 1 is 1.37 bits per heavy atom. The van der Waals surface area contributed by atoms with Crippen molar-refractivity contribution in [2.75, 3.05) is 12.3 Å². The smallest absolute Gasteiger partial charge is 0.259 e. The van der Waals surface area contributed by atoms with E-state index in [1.165, 1.54) is 0 Å². The van der Waals surface area contributed by atoms with Gasteiger partial charge < -0.3 is 15.0 Å². The molecule has 2 aromatic heterocycles. The highest BCUT2D eigenvalue weighted by atomic mass is 16.5. The van der Waals surface area contributed by atoms with Crippen molar-refractivity contribution in [3.63, 3.8) is 0 Å². The van der Waals surface area contributed by atoms with Crippen LogP contribution in [0.5, 0.6) is 0 Å². The number of nitrogens with zero attached hydrogens (tertiary/aromatic N) is 3. The number of rotatable bonds is 5. The van der Waals surface area contributed by atoms with Gasteiger partial charge in [-0.15, -0.1) is 0 Å². The molecular formula is C13H18N4O2. The van der Waals surface area contributed by atoms with Crippen LogP contribution in [-0.2, 0) is 10.3 Å². The first-order chi connectivity index (χ1) is 9.09. The lowest BCUT2D eigenvalue weighted by molar-refractivity contribution is -0.0403. The van der Waals surface area contributed by atoms with E-state index >= 15 is 0 Å². The summed E-state index contributed by atoms with van der Waals surface area (Å²) in [5.41, 5.74) is 6.41. The van der Waals surface area contributed by atoms with Crippen molar-refractivity contribution in [3.8, 4) is 11.5 Å². The summed E-state index contributed by atoms with van der Waals surface area (Å²) in [6.07, 6.45) is 3.96. The van der Waals surface area contributed by atoms with Gasteiger partial charge in [-0.05, 0) is 26.3 Å². The van der Waals surface area contributed by atoms with Gasteiger partial charge in [0.25, 0.3) is 5.89 Å². The molecule has 6 nitrogen and oxygen atoms in total. The summed E-state index contributed by atoms with van der Waals surface area (Å²) in [5.74, 6) is 0.934. The molecule has 0 saturated heterocycles. The van der Waals surface area contributed by atoms with Crippen LogP contribution in [0.15, 0.2) is 23.0 Å². The Labute approximate surface area is 112 Å². The Kier molecular flexibility index (Phi) is 3.80. The Balaban J connectivity index is 2.33. The molecule has 1 unspecified atom stereocenters. The summed E-state index contributed by atoms with van der Waals surface area (Å²) in [4.78, 5) is 8.39. The van der Waals surface area contributed by atoms with E-state index in [-0.39, 0.29) is 0 Å². The van der Waals surface area contributed by atoms with Crippen LogP contribution in [0.25, 0.3) is 11.5 Å². The summed E-state index contributed by atoms with van der Waals surface area (Å²) >= 11 is 0. The molecule has 0 aliphatic heterocycles. The number of anilines is 1. The largest absolute Gasteiger partial charge is 0.397 e. The van der Waals surface area contributed by atoms with Gasteiger partial charge in [-0.25, -0.2) is 0 Å². The van der Waals surface area contributed by atoms with E-state index in [1.807, 2.05) is 20.8 Å². The van der Waals surface area contributed by atoms with Crippen molar-refractivity contribution in [3.05, 3.63) is 24.3 Å². The minimum absolute atomic E-state index is 0.397. The number of pyridine rings is 1. The molecule has 0 aliphatic carbocycles. The van der Waals surface area contributed by atoms with Gasteiger partial charge in [0.05, 0.1) is 11.3 Å². The molecule has 2 rings (SSSR count). The van der Waals surface area contributed by atoms with E-state index in [0.29, 0.717) is 29.6 Å². The zero-order valence-electron chi connectivity index (χ0n) is 11.4. The highest BCUT2D eigenvalue weighted by molar-refractivity contribution is 5.57. The van der Waals surface area contributed by atoms with Gasteiger partial charge in [0.1, 0.15) is 5.60 Å². The maximum absolute atomic E-state index is 5.71. The topological polar surface area (TPSA) is 87.1 Å². The fourth-order valence-corrected chi connectivity index (χ4v) is 1.77. The van der Waals surface area contributed by atoms with Crippen LogP contribution in [0.4, 0.5) is 5.69 Å². The number of ether oxygens (including phenoxy) is 1. The zero-order valence-corrected chi connectivity index (χ0v) is 11.4. The quantitative estimate of drug-likeness (QED) is 0.890. The minimum atomic E-state index is -0.537. The van der Waals surface area contributed by atoms with E-state index < -0.39 is 5.60 Å². The second kappa shape index (κ2) is 5.36. The molecule has 0 radical (unpaired) electrons. The monoisotopic (exact) mass is 262 g/mol. The fraction of sp³-hybridized carbons (Fsp3) is 0.462.